The number of carbonyl (C=O) groups excluding carboxylic acids is 1. The highest BCUT2D eigenvalue weighted by Gasteiger charge is 2.28. The van der Waals surface area contributed by atoms with Crippen molar-refractivity contribution in [1.29, 1.82) is 0 Å². The molecule has 2 aliphatic rings. The number of nitrogens with zero attached hydrogens (tertiary/aromatic N) is 5. The summed E-state index contributed by atoms with van der Waals surface area (Å²) in [6.07, 6.45) is 9.48. The van der Waals surface area contributed by atoms with Crippen LogP contribution in [0.3, 0.4) is 0 Å². The van der Waals surface area contributed by atoms with Gasteiger partial charge in [0.25, 0.3) is 5.91 Å². The van der Waals surface area contributed by atoms with Crippen LogP contribution in [0.5, 0.6) is 0 Å². The quantitative estimate of drug-likeness (QED) is 0.495. The van der Waals surface area contributed by atoms with E-state index in [2.05, 4.69) is 62.6 Å². The Morgan fingerprint density at radius 2 is 1.94 bits per heavy atom. The van der Waals surface area contributed by atoms with Gasteiger partial charge in [-0.25, -0.2) is 15.4 Å². The zero-order chi connectivity index (χ0) is 23.2. The number of hydrogen-bond donors (Lipinski definition) is 2. The van der Waals surface area contributed by atoms with E-state index in [9.17, 15) is 4.79 Å². The monoisotopic (exact) mass is 450 g/mol. The molecule has 2 saturated heterocycles. The van der Waals surface area contributed by atoms with Crippen molar-refractivity contribution >= 4 is 17.5 Å². The molecular weight excluding hydrogens is 416 g/mol. The summed E-state index contributed by atoms with van der Waals surface area (Å²) in [5, 5.41) is 8.72. The molecule has 8 heteroatoms. The van der Waals surface area contributed by atoms with Gasteiger partial charge in [0.15, 0.2) is 0 Å². The van der Waals surface area contributed by atoms with Crippen LogP contribution in [0.2, 0.25) is 0 Å². The maximum atomic E-state index is 11.4. The van der Waals surface area contributed by atoms with Crippen LogP contribution in [0.25, 0.3) is 0 Å². The van der Waals surface area contributed by atoms with E-state index in [0.717, 1.165) is 39.0 Å². The Kier molecular flexibility index (Phi) is 7.57. The van der Waals surface area contributed by atoms with Gasteiger partial charge in [-0.3, -0.25) is 10.0 Å². The zero-order valence-corrected chi connectivity index (χ0v) is 19.4. The average Bonchev–Trinajstić information content (AvgIpc) is 2.88. The van der Waals surface area contributed by atoms with E-state index >= 15 is 0 Å². The lowest BCUT2D eigenvalue weighted by atomic mass is 9.88. The molecule has 0 spiro atoms. The van der Waals surface area contributed by atoms with Crippen LogP contribution >= 0.6 is 0 Å². The Labute approximate surface area is 195 Å². The van der Waals surface area contributed by atoms with Crippen LogP contribution in [-0.4, -0.2) is 65.8 Å². The van der Waals surface area contributed by atoms with E-state index < -0.39 is 5.91 Å². The number of likely N-dealkylation sites (tertiary alicyclic amines) is 1. The van der Waals surface area contributed by atoms with Gasteiger partial charge >= 0.3 is 0 Å². The molecule has 1 aromatic heterocycles. The fourth-order valence-corrected chi connectivity index (χ4v) is 5.07. The van der Waals surface area contributed by atoms with Crippen molar-refractivity contribution < 1.29 is 10.0 Å². The minimum absolute atomic E-state index is 0.247. The summed E-state index contributed by atoms with van der Waals surface area (Å²) in [6.45, 7) is 9.19. The molecule has 176 valence electrons. The van der Waals surface area contributed by atoms with Gasteiger partial charge in [0.05, 0.1) is 5.56 Å². The van der Waals surface area contributed by atoms with E-state index in [-0.39, 0.29) is 5.56 Å². The highest BCUT2D eigenvalue weighted by molar-refractivity contribution is 5.92. The number of nitrogens with one attached hydrogen (secondary N) is 1. The van der Waals surface area contributed by atoms with E-state index in [1.807, 2.05) is 6.20 Å². The van der Waals surface area contributed by atoms with Crippen molar-refractivity contribution in [1.82, 2.24) is 20.3 Å². The Morgan fingerprint density at radius 1 is 1.21 bits per heavy atom. The maximum Gasteiger partial charge on any atom is 0.277 e. The summed E-state index contributed by atoms with van der Waals surface area (Å²) in [4.78, 5) is 27.0. The lowest BCUT2D eigenvalue weighted by Crippen LogP contribution is -2.42. The number of piperidine rings is 2. The van der Waals surface area contributed by atoms with Gasteiger partial charge in [0.2, 0.25) is 5.95 Å². The molecule has 0 bridgehead atoms. The van der Waals surface area contributed by atoms with Crippen molar-refractivity contribution in [2.45, 2.75) is 31.6 Å². The predicted octanol–water partition coefficient (Wildman–Crippen LogP) is 3.27. The SMILES string of the molecule is C=CN(C)c1ccccc1C1CCCN(CC2CCN(c3ncc(C(=O)NO)cn3)CC2)C1. The Hall–Kier alpha value is -2.97. The highest BCUT2D eigenvalue weighted by atomic mass is 16.5. The number of carbonyl (C=O) groups is 1. The number of hydrogen-bond acceptors (Lipinski definition) is 7. The first-order valence-corrected chi connectivity index (χ1v) is 11.8. The molecule has 2 N–H and O–H groups in total. The van der Waals surface area contributed by atoms with Gasteiger partial charge in [-0.15, -0.1) is 0 Å². The molecule has 1 amide bonds. The first-order valence-electron chi connectivity index (χ1n) is 11.8. The summed E-state index contributed by atoms with van der Waals surface area (Å²) in [5.74, 6) is 1.27. The highest BCUT2D eigenvalue weighted by Crippen LogP contribution is 2.34. The lowest BCUT2D eigenvalue weighted by molar-refractivity contribution is 0.0705. The second-order valence-corrected chi connectivity index (χ2v) is 9.09. The van der Waals surface area contributed by atoms with Crippen molar-refractivity contribution in [3.8, 4) is 0 Å². The van der Waals surface area contributed by atoms with E-state index in [1.54, 1.807) is 5.48 Å². The molecule has 0 aliphatic carbocycles. The van der Waals surface area contributed by atoms with Gasteiger partial charge < -0.3 is 14.7 Å². The second kappa shape index (κ2) is 10.8. The van der Waals surface area contributed by atoms with Crippen LogP contribution in [-0.2, 0) is 0 Å². The minimum atomic E-state index is -0.598. The normalized spacial score (nSPS) is 19.8. The fraction of sp³-hybridized carbons (Fsp3) is 0.480. The van der Waals surface area contributed by atoms with Crippen LogP contribution in [0.15, 0.2) is 49.4 Å². The van der Waals surface area contributed by atoms with E-state index in [4.69, 9.17) is 5.21 Å². The van der Waals surface area contributed by atoms with Gasteiger partial charge in [0, 0.05) is 51.3 Å². The van der Waals surface area contributed by atoms with E-state index in [0.29, 0.717) is 17.8 Å². The van der Waals surface area contributed by atoms with Gasteiger partial charge in [-0.1, -0.05) is 24.8 Å². The van der Waals surface area contributed by atoms with Crippen LogP contribution in [0.1, 0.15) is 47.5 Å². The largest absolute Gasteiger partial charge is 0.351 e. The molecule has 2 fully saturated rings. The topological polar surface area (TPSA) is 84.8 Å². The Bertz CT molecular complexity index is 942. The molecule has 1 atom stereocenters. The molecule has 0 radical (unpaired) electrons. The van der Waals surface area contributed by atoms with Crippen molar-refractivity contribution in [2.75, 3.05) is 49.6 Å². The molecule has 2 aromatic rings. The van der Waals surface area contributed by atoms with Crippen LogP contribution in [0, 0.1) is 5.92 Å². The van der Waals surface area contributed by atoms with Crippen molar-refractivity contribution in [3.63, 3.8) is 0 Å². The lowest BCUT2D eigenvalue weighted by Gasteiger charge is -2.39. The number of hydroxylamine groups is 1. The molecule has 2 aliphatic heterocycles. The number of para-hydroxylation sites is 1. The number of rotatable bonds is 7. The summed E-state index contributed by atoms with van der Waals surface area (Å²) < 4.78 is 0. The number of aromatic nitrogens is 2. The first-order chi connectivity index (χ1) is 16.1. The summed E-state index contributed by atoms with van der Waals surface area (Å²) in [7, 11) is 2.07. The average molecular weight is 451 g/mol. The van der Waals surface area contributed by atoms with Crippen molar-refractivity contribution in [3.05, 3.63) is 60.6 Å². The standard InChI is InChI=1S/C25H34N6O2/c1-3-29(2)23-9-5-4-8-22(23)20-7-6-12-30(18-20)17-19-10-13-31(14-11-19)25-26-15-21(16-27-25)24(32)28-33/h3-5,8-9,15-16,19-20,33H,1,6-7,10-14,17-18H2,2H3,(H,28,32). The second-order valence-electron chi connectivity index (χ2n) is 9.09. The predicted molar refractivity (Wildman–Crippen MR) is 130 cm³/mol. The van der Waals surface area contributed by atoms with E-state index in [1.165, 1.54) is 43.0 Å². The molecule has 3 heterocycles. The van der Waals surface area contributed by atoms with Gasteiger partial charge in [0.1, 0.15) is 0 Å². The molecule has 8 nitrogen and oxygen atoms in total. The summed E-state index contributed by atoms with van der Waals surface area (Å²) in [5.41, 5.74) is 4.54. The number of benzene rings is 1. The van der Waals surface area contributed by atoms with Crippen molar-refractivity contribution in [2.24, 2.45) is 5.92 Å². The van der Waals surface area contributed by atoms with Gasteiger partial charge in [-0.05, 0) is 61.9 Å². The smallest absolute Gasteiger partial charge is 0.277 e. The molecular formula is C25H34N6O2. The molecule has 4 rings (SSSR count). The van der Waals surface area contributed by atoms with Crippen LogP contribution < -0.4 is 15.3 Å². The van der Waals surface area contributed by atoms with Crippen LogP contribution in [0.4, 0.5) is 11.6 Å². The molecule has 0 saturated carbocycles. The third-order valence-corrected chi connectivity index (χ3v) is 6.95. The summed E-state index contributed by atoms with van der Waals surface area (Å²) >= 11 is 0. The molecule has 1 unspecified atom stereocenters. The number of amides is 1. The number of anilines is 2. The van der Waals surface area contributed by atoms with Gasteiger partial charge in [-0.2, -0.15) is 0 Å². The minimum Gasteiger partial charge on any atom is -0.351 e. The first kappa shape index (κ1) is 23.2. The summed E-state index contributed by atoms with van der Waals surface area (Å²) in [6, 6.07) is 8.72. The molecule has 33 heavy (non-hydrogen) atoms. The molecule has 1 aromatic carbocycles. The fourth-order valence-electron chi connectivity index (χ4n) is 5.07. The third-order valence-electron chi connectivity index (χ3n) is 6.95. The zero-order valence-electron chi connectivity index (χ0n) is 19.4. The third kappa shape index (κ3) is 5.51. The Morgan fingerprint density at radius 3 is 2.64 bits per heavy atom. The maximum absolute atomic E-state index is 11.4. The Balaban J connectivity index is 1.31.